The van der Waals surface area contributed by atoms with Gasteiger partial charge in [-0.15, -0.1) is 0 Å². The quantitative estimate of drug-likeness (QED) is 0.792. The zero-order chi connectivity index (χ0) is 16.2. The number of H-pyrrole nitrogens is 1. The molecule has 3 N–H and O–H groups in total. The molecule has 0 aromatic carbocycles. The Bertz CT molecular complexity index is 538. The fraction of sp³-hybridized carbons (Fsp3) is 0.733. The van der Waals surface area contributed by atoms with Crippen molar-refractivity contribution in [2.24, 2.45) is 11.7 Å². The number of piperidine rings is 2. The molecule has 23 heavy (non-hydrogen) atoms. The van der Waals surface area contributed by atoms with Gasteiger partial charge in [-0.3, -0.25) is 19.6 Å². The number of carbonyl (C=O) groups is 2. The zero-order valence-corrected chi connectivity index (χ0v) is 13.3. The van der Waals surface area contributed by atoms with Gasteiger partial charge in [0.2, 0.25) is 11.8 Å². The summed E-state index contributed by atoms with van der Waals surface area (Å²) >= 11 is 0. The Morgan fingerprint density at radius 2 is 2.04 bits per heavy atom. The second-order valence-electron chi connectivity index (χ2n) is 6.51. The molecule has 0 radical (unpaired) electrons. The highest BCUT2D eigenvalue weighted by molar-refractivity contribution is 5.80. The molecule has 2 saturated heterocycles. The lowest BCUT2D eigenvalue weighted by atomic mass is 9.92. The molecule has 2 aliphatic rings. The Balaban J connectivity index is 1.51. The molecule has 0 unspecified atom stereocenters. The molecule has 126 valence electrons. The van der Waals surface area contributed by atoms with E-state index >= 15 is 0 Å². The van der Waals surface area contributed by atoms with Crippen molar-refractivity contribution in [1.82, 2.24) is 25.0 Å². The van der Waals surface area contributed by atoms with Crippen LogP contribution in [0, 0.1) is 5.92 Å². The van der Waals surface area contributed by atoms with Crippen LogP contribution >= 0.6 is 0 Å². The molecule has 8 nitrogen and oxygen atoms in total. The van der Waals surface area contributed by atoms with E-state index < -0.39 is 0 Å². The Morgan fingerprint density at radius 1 is 1.26 bits per heavy atom. The first kappa shape index (κ1) is 15.9. The molecular formula is C15H24N6O2. The largest absolute Gasteiger partial charge is 0.369 e. The predicted molar refractivity (Wildman–Crippen MR) is 83.3 cm³/mol. The molecule has 0 aliphatic carbocycles. The summed E-state index contributed by atoms with van der Waals surface area (Å²) in [5.41, 5.74) is 5.26. The van der Waals surface area contributed by atoms with E-state index in [0.717, 1.165) is 51.1 Å². The van der Waals surface area contributed by atoms with Crippen molar-refractivity contribution in [1.29, 1.82) is 0 Å². The first-order chi connectivity index (χ1) is 11.1. The summed E-state index contributed by atoms with van der Waals surface area (Å²) in [4.78, 5) is 32.0. The number of hydrogen-bond donors (Lipinski definition) is 2. The van der Waals surface area contributed by atoms with Crippen molar-refractivity contribution in [3.8, 4) is 0 Å². The normalized spacial score (nSPS) is 23.8. The molecule has 0 saturated carbocycles. The van der Waals surface area contributed by atoms with Crippen molar-refractivity contribution >= 4 is 11.8 Å². The number of primary amides is 1. The predicted octanol–water partition coefficient (Wildman–Crippen LogP) is -0.292. The Hall–Kier alpha value is -1.96. The standard InChI is InChI=1S/C15H24N6O2/c16-13(22)9-20-5-1-2-12(8-20)15(23)21-6-3-11(4-7-21)14-17-10-18-19-14/h10-12H,1-9H2,(H2,16,22)(H,17,18,19)/t12-/m1/s1. The van der Waals surface area contributed by atoms with E-state index in [1.165, 1.54) is 6.33 Å². The maximum atomic E-state index is 12.7. The van der Waals surface area contributed by atoms with Gasteiger partial charge in [0.05, 0.1) is 12.5 Å². The summed E-state index contributed by atoms with van der Waals surface area (Å²) in [6.07, 6.45) is 5.20. The number of likely N-dealkylation sites (tertiary alicyclic amines) is 2. The van der Waals surface area contributed by atoms with Crippen molar-refractivity contribution in [3.05, 3.63) is 12.2 Å². The van der Waals surface area contributed by atoms with E-state index in [2.05, 4.69) is 15.2 Å². The van der Waals surface area contributed by atoms with E-state index in [9.17, 15) is 9.59 Å². The molecule has 1 aromatic rings. The summed E-state index contributed by atoms with van der Waals surface area (Å²) in [5.74, 6) is 1.16. The van der Waals surface area contributed by atoms with Crippen LogP contribution in [0.3, 0.4) is 0 Å². The summed E-state index contributed by atoms with van der Waals surface area (Å²) in [5, 5.41) is 6.82. The Kier molecular flexibility index (Phi) is 4.90. The smallest absolute Gasteiger partial charge is 0.231 e. The average Bonchev–Trinajstić information content (AvgIpc) is 3.08. The molecule has 8 heteroatoms. The first-order valence-corrected chi connectivity index (χ1v) is 8.28. The van der Waals surface area contributed by atoms with Crippen LogP contribution in [-0.2, 0) is 9.59 Å². The maximum absolute atomic E-state index is 12.7. The third kappa shape index (κ3) is 3.87. The third-order valence-corrected chi connectivity index (χ3v) is 4.86. The van der Waals surface area contributed by atoms with Crippen molar-refractivity contribution in [2.75, 3.05) is 32.7 Å². The lowest BCUT2D eigenvalue weighted by Gasteiger charge is -2.37. The zero-order valence-electron chi connectivity index (χ0n) is 13.3. The number of hydrogen-bond acceptors (Lipinski definition) is 5. The number of rotatable bonds is 4. The van der Waals surface area contributed by atoms with Crippen LogP contribution in [-0.4, -0.2) is 69.5 Å². The number of aromatic nitrogens is 3. The van der Waals surface area contributed by atoms with Crippen LogP contribution in [0.15, 0.2) is 6.33 Å². The van der Waals surface area contributed by atoms with Gasteiger partial charge in [0.25, 0.3) is 0 Å². The minimum atomic E-state index is -0.328. The van der Waals surface area contributed by atoms with Crippen molar-refractivity contribution in [2.45, 2.75) is 31.6 Å². The van der Waals surface area contributed by atoms with Crippen LogP contribution < -0.4 is 5.73 Å². The molecule has 1 atom stereocenters. The van der Waals surface area contributed by atoms with Gasteiger partial charge in [-0.2, -0.15) is 5.10 Å². The summed E-state index contributed by atoms with van der Waals surface area (Å²) in [6, 6.07) is 0. The van der Waals surface area contributed by atoms with Gasteiger partial charge in [0.15, 0.2) is 0 Å². The van der Waals surface area contributed by atoms with Gasteiger partial charge in [-0.25, -0.2) is 4.98 Å². The van der Waals surface area contributed by atoms with Crippen LogP contribution in [0.5, 0.6) is 0 Å². The van der Waals surface area contributed by atoms with Gasteiger partial charge < -0.3 is 10.6 Å². The average molecular weight is 320 g/mol. The van der Waals surface area contributed by atoms with E-state index in [-0.39, 0.29) is 24.3 Å². The summed E-state index contributed by atoms with van der Waals surface area (Å²) < 4.78 is 0. The highest BCUT2D eigenvalue weighted by Gasteiger charge is 2.32. The number of nitrogens with zero attached hydrogens (tertiary/aromatic N) is 4. The van der Waals surface area contributed by atoms with E-state index in [1.807, 2.05) is 9.80 Å². The molecule has 2 fully saturated rings. The lowest BCUT2D eigenvalue weighted by Crippen LogP contribution is -2.48. The van der Waals surface area contributed by atoms with Crippen LogP contribution in [0.4, 0.5) is 0 Å². The molecule has 0 bridgehead atoms. The summed E-state index contributed by atoms with van der Waals surface area (Å²) in [7, 11) is 0. The highest BCUT2D eigenvalue weighted by atomic mass is 16.2. The molecule has 1 aromatic heterocycles. The fourth-order valence-corrected chi connectivity index (χ4v) is 3.66. The second-order valence-corrected chi connectivity index (χ2v) is 6.51. The van der Waals surface area contributed by atoms with E-state index in [4.69, 9.17) is 5.73 Å². The molecule has 0 spiro atoms. The van der Waals surface area contributed by atoms with E-state index in [1.54, 1.807) is 0 Å². The first-order valence-electron chi connectivity index (χ1n) is 8.28. The number of amides is 2. The maximum Gasteiger partial charge on any atom is 0.231 e. The van der Waals surface area contributed by atoms with Gasteiger partial charge in [0, 0.05) is 25.6 Å². The molecule has 2 aliphatic heterocycles. The second kappa shape index (κ2) is 7.08. The van der Waals surface area contributed by atoms with Crippen LogP contribution in [0.25, 0.3) is 0 Å². The highest BCUT2D eigenvalue weighted by Crippen LogP contribution is 2.27. The van der Waals surface area contributed by atoms with E-state index in [0.29, 0.717) is 12.5 Å². The lowest BCUT2D eigenvalue weighted by molar-refractivity contribution is -0.139. The van der Waals surface area contributed by atoms with Gasteiger partial charge >= 0.3 is 0 Å². The molecule has 2 amide bonds. The Labute approximate surface area is 135 Å². The Morgan fingerprint density at radius 3 is 2.70 bits per heavy atom. The number of carbonyl (C=O) groups excluding carboxylic acids is 2. The monoisotopic (exact) mass is 320 g/mol. The van der Waals surface area contributed by atoms with Crippen LogP contribution in [0.2, 0.25) is 0 Å². The minimum Gasteiger partial charge on any atom is -0.369 e. The van der Waals surface area contributed by atoms with Crippen molar-refractivity contribution in [3.63, 3.8) is 0 Å². The summed E-state index contributed by atoms with van der Waals surface area (Å²) in [6.45, 7) is 3.26. The molecule has 3 heterocycles. The fourth-order valence-electron chi connectivity index (χ4n) is 3.66. The van der Waals surface area contributed by atoms with Gasteiger partial charge in [-0.05, 0) is 32.2 Å². The number of nitrogens with two attached hydrogens (primary N) is 1. The van der Waals surface area contributed by atoms with Crippen LogP contribution in [0.1, 0.15) is 37.4 Å². The van der Waals surface area contributed by atoms with Gasteiger partial charge in [0.1, 0.15) is 12.2 Å². The third-order valence-electron chi connectivity index (χ3n) is 4.86. The minimum absolute atomic E-state index is 0.00932. The molecular weight excluding hydrogens is 296 g/mol. The topological polar surface area (TPSA) is 108 Å². The number of nitrogens with one attached hydrogen (secondary N) is 1. The van der Waals surface area contributed by atoms with Crippen molar-refractivity contribution < 1.29 is 9.59 Å². The van der Waals surface area contributed by atoms with Gasteiger partial charge in [-0.1, -0.05) is 0 Å². The SMILES string of the molecule is NC(=O)CN1CCC[C@@H](C(=O)N2CCC(c3ncn[nH]3)CC2)C1. The molecule has 3 rings (SSSR count). The number of aromatic amines is 1.